The molecule has 1 aromatic carbocycles. The van der Waals surface area contributed by atoms with E-state index in [1.54, 1.807) is 44.2 Å². The quantitative estimate of drug-likeness (QED) is 0.452. The fraction of sp³-hybridized carbons (Fsp3) is 0.500. The first-order valence-corrected chi connectivity index (χ1v) is 7.61. The van der Waals surface area contributed by atoms with Gasteiger partial charge in [0.05, 0.1) is 0 Å². The first kappa shape index (κ1) is 19.6. The van der Waals surface area contributed by atoms with Crippen molar-refractivity contribution in [2.75, 3.05) is 0 Å². The molecular weight excluding hydrogens is 316 g/mol. The van der Waals surface area contributed by atoms with Crippen molar-refractivity contribution < 1.29 is 24.7 Å². The van der Waals surface area contributed by atoms with Crippen LogP contribution in [0.25, 0.3) is 0 Å². The molecule has 0 fully saturated rings. The number of nitrogens with one attached hydrogen (secondary N) is 1. The zero-order valence-corrected chi connectivity index (χ0v) is 13.6. The second-order valence-corrected chi connectivity index (χ2v) is 6.02. The van der Waals surface area contributed by atoms with Crippen LogP contribution in [-0.2, 0) is 16.0 Å². The molecule has 3 N–H and O–H groups in total. The Kier molecular flexibility index (Phi) is 7.31. The van der Waals surface area contributed by atoms with E-state index in [4.69, 9.17) is 5.11 Å². The van der Waals surface area contributed by atoms with Gasteiger partial charge in [-0.05, 0) is 17.9 Å². The van der Waals surface area contributed by atoms with E-state index in [-0.39, 0.29) is 18.8 Å². The summed E-state index contributed by atoms with van der Waals surface area (Å²) in [6, 6.07) is 5.69. The van der Waals surface area contributed by atoms with Gasteiger partial charge in [-0.1, -0.05) is 44.2 Å². The lowest BCUT2D eigenvalue weighted by molar-refractivity contribution is -0.530. The third kappa shape index (κ3) is 5.96. The summed E-state index contributed by atoms with van der Waals surface area (Å²) in [6.07, 6.45) is -1.91. The van der Waals surface area contributed by atoms with E-state index in [2.05, 4.69) is 5.32 Å². The van der Waals surface area contributed by atoms with Crippen molar-refractivity contribution in [3.63, 3.8) is 0 Å². The first-order chi connectivity index (χ1) is 11.2. The number of hydrogen-bond donors (Lipinski definition) is 3. The third-order valence-electron chi connectivity index (χ3n) is 3.51. The molecule has 0 spiro atoms. The normalized spacial score (nSPS) is 14.7. The highest BCUT2D eigenvalue weighted by atomic mass is 16.6. The molecule has 0 radical (unpaired) electrons. The number of hydrogen-bond acceptors (Lipinski definition) is 5. The van der Waals surface area contributed by atoms with Gasteiger partial charge in [-0.15, -0.1) is 0 Å². The summed E-state index contributed by atoms with van der Waals surface area (Å²) in [6.45, 7) is 3.57. The minimum Gasteiger partial charge on any atom is -0.480 e. The fourth-order valence-electron chi connectivity index (χ4n) is 2.28. The van der Waals surface area contributed by atoms with Crippen molar-refractivity contribution in [2.24, 2.45) is 5.92 Å². The first-order valence-electron chi connectivity index (χ1n) is 7.61. The summed E-state index contributed by atoms with van der Waals surface area (Å²) >= 11 is 0. The second kappa shape index (κ2) is 8.97. The average molecular weight is 338 g/mol. The summed E-state index contributed by atoms with van der Waals surface area (Å²) < 4.78 is 0. The lowest BCUT2D eigenvalue weighted by Crippen LogP contribution is -2.51. The van der Waals surface area contributed by atoms with Crippen molar-refractivity contribution in [3.8, 4) is 0 Å². The summed E-state index contributed by atoms with van der Waals surface area (Å²) in [4.78, 5) is 33.7. The maximum absolute atomic E-state index is 12.0. The van der Waals surface area contributed by atoms with Gasteiger partial charge in [0.25, 0.3) is 11.9 Å². The number of benzene rings is 1. The minimum atomic E-state index is -1.94. The van der Waals surface area contributed by atoms with Gasteiger partial charge in [0.1, 0.15) is 6.04 Å². The summed E-state index contributed by atoms with van der Waals surface area (Å²) in [5, 5.41) is 32.5. The molecule has 8 nitrogen and oxygen atoms in total. The molecule has 0 aliphatic rings. The lowest BCUT2D eigenvalue weighted by atomic mass is 10.00. The number of aliphatic hydroxyl groups is 1. The largest absolute Gasteiger partial charge is 0.480 e. The van der Waals surface area contributed by atoms with Crippen LogP contribution in [0.1, 0.15) is 25.8 Å². The van der Waals surface area contributed by atoms with Gasteiger partial charge in [0, 0.05) is 11.3 Å². The third-order valence-corrected chi connectivity index (χ3v) is 3.51. The van der Waals surface area contributed by atoms with Crippen LogP contribution in [0.2, 0.25) is 0 Å². The molecule has 0 heterocycles. The molecule has 1 rings (SSSR count). The maximum atomic E-state index is 12.0. The number of carbonyl (C=O) groups excluding carboxylic acids is 1. The van der Waals surface area contributed by atoms with Crippen molar-refractivity contribution >= 4 is 11.9 Å². The molecule has 1 amide bonds. The Balaban J connectivity index is 2.82. The number of carboxylic acids is 1. The van der Waals surface area contributed by atoms with Crippen LogP contribution < -0.4 is 5.32 Å². The highest BCUT2D eigenvalue weighted by Gasteiger charge is 2.37. The van der Waals surface area contributed by atoms with Gasteiger partial charge in [-0.3, -0.25) is 14.9 Å². The summed E-state index contributed by atoms with van der Waals surface area (Å²) in [5.41, 5.74) is 0.600. The Morgan fingerprint density at radius 2 is 1.83 bits per heavy atom. The van der Waals surface area contributed by atoms with Gasteiger partial charge in [0.15, 0.2) is 0 Å². The molecule has 0 unspecified atom stereocenters. The number of nitrogens with zero attached hydrogens (tertiary/aromatic N) is 1. The van der Waals surface area contributed by atoms with Crippen LogP contribution in [0.4, 0.5) is 0 Å². The predicted molar refractivity (Wildman–Crippen MR) is 86.0 cm³/mol. The zero-order valence-electron chi connectivity index (χ0n) is 13.6. The van der Waals surface area contributed by atoms with E-state index < -0.39 is 35.0 Å². The standard InChI is InChI=1S/C16H22N2O6/c1-10(2)8-12(16(21)22)17-15(20)14(19)13(18(23)24)9-11-6-4-3-5-7-11/h3-7,10,12-14,19H,8-9H2,1-2H3,(H,17,20)(H,21,22)/t12-,13+,14-/m0/s1. The number of nitro groups is 1. The molecule has 24 heavy (non-hydrogen) atoms. The average Bonchev–Trinajstić information content (AvgIpc) is 2.51. The van der Waals surface area contributed by atoms with E-state index in [9.17, 15) is 24.8 Å². The summed E-state index contributed by atoms with van der Waals surface area (Å²) in [5.74, 6) is -2.30. The lowest BCUT2D eigenvalue weighted by Gasteiger charge is -2.20. The molecule has 132 valence electrons. The molecule has 0 aliphatic heterocycles. The van der Waals surface area contributed by atoms with Crippen LogP contribution in [0.15, 0.2) is 30.3 Å². The number of carbonyl (C=O) groups is 2. The fourth-order valence-corrected chi connectivity index (χ4v) is 2.28. The Morgan fingerprint density at radius 1 is 1.25 bits per heavy atom. The van der Waals surface area contributed by atoms with Crippen molar-refractivity contribution in [3.05, 3.63) is 46.0 Å². The molecule has 0 aromatic heterocycles. The van der Waals surface area contributed by atoms with Crippen LogP contribution in [0, 0.1) is 16.0 Å². The smallest absolute Gasteiger partial charge is 0.326 e. The molecule has 1 aromatic rings. The molecule has 8 heteroatoms. The number of amides is 1. The van der Waals surface area contributed by atoms with Crippen LogP contribution in [0.3, 0.4) is 0 Å². The second-order valence-electron chi connectivity index (χ2n) is 6.02. The highest BCUT2D eigenvalue weighted by Crippen LogP contribution is 2.11. The van der Waals surface area contributed by atoms with E-state index >= 15 is 0 Å². The van der Waals surface area contributed by atoms with Crippen LogP contribution in [-0.4, -0.2) is 45.2 Å². The van der Waals surface area contributed by atoms with Crippen molar-refractivity contribution in [2.45, 2.75) is 44.9 Å². The highest BCUT2D eigenvalue weighted by molar-refractivity contribution is 5.86. The van der Waals surface area contributed by atoms with Gasteiger partial charge in [0.2, 0.25) is 6.10 Å². The van der Waals surface area contributed by atoms with E-state index in [0.29, 0.717) is 5.56 Å². The maximum Gasteiger partial charge on any atom is 0.326 e. The molecule has 3 atom stereocenters. The van der Waals surface area contributed by atoms with Crippen LogP contribution in [0.5, 0.6) is 0 Å². The van der Waals surface area contributed by atoms with Gasteiger partial charge in [-0.25, -0.2) is 4.79 Å². The molecule has 0 bridgehead atoms. The zero-order chi connectivity index (χ0) is 18.3. The van der Waals surface area contributed by atoms with Crippen molar-refractivity contribution in [1.29, 1.82) is 0 Å². The van der Waals surface area contributed by atoms with Crippen molar-refractivity contribution in [1.82, 2.24) is 5.32 Å². The van der Waals surface area contributed by atoms with Crippen LogP contribution >= 0.6 is 0 Å². The Hall–Kier alpha value is -2.48. The molecule has 0 saturated heterocycles. The Labute approximate surface area is 139 Å². The topological polar surface area (TPSA) is 130 Å². The molecule has 0 aliphatic carbocycles. The Bertz CT molecular complexity index is 575. The predicted octanol–water partition coefficient (Wildman–Crippen LogP) is 0.851. The van der Waals surface area contributed by atoms with E-state index in [1.807, 2.05) is 0 Å². The number of aliphatic hydroxyl groups excluding tert-OH is 1. The van der Waals surface area contributed by atoms with Gasteiger partial charge in [-0.2, -0.15) is 0 Å². The number of carboxylic acid groups (broad SMARTS) is 1. The molecule has 0 saturated carbocycles. The monoisotopic (exact) mass is 338 g/mol. The Morgan fingerprint density at radius 3 is 2.29 bits per heavy atom. The van der Waals surface area contributed by atoms with E-state index in [1.165, 1.54) is 0 Å². The minimum absolute atomic E-state index is 0.000765. The SMILES string of the molecule is CC(C)C[C@H](NC(=O)[C@@H](O)[C@@H](Cc1ccccc1)[N+](=O)[O-])C(=O)O. The number of rotatable bonds is 9. The van der Waals surface area contributed by atoms with Gasteiger partial charge >= 0.3 is 5.97 Å². The van der Waals surface area contributed by atoms with Gasteiger partial charge < -0.3 is 15.5 Å². The summed E-state index contributed by atoms with van der Waals surface area (Å²) in [7, 11) is 0. The van der Waals surface area contributed by atoms with E-state index in [0.717, 1.165) is 0 Å². The number of aliphatic carboxylic acids is 1. The molecular formula is C16H22N2O6.